The molecule has 1 aromatic rings. The summed E-state index contributed by atoms with van der Waals surface area (Å²) >= 11 is 0. The van der Waals surface area contributed by atoms with Crippen LogP contribution >= 0.6 is 0 Å². The van der Waals surface area contributed by atoms with Gasteiger partial charge in [-0.3, -0.25) is 0 Å². The minimum Gasteiger partial charge on any atom is -0.198 e. The van der Waals surface area contributed by atoms with Gasteiger partial charge in [0.2, 0.25) is 0 Å². The number of unbranched alkanes of at least 4 members (excludes halogenated alkanes) is 4. The fraction of sp³-hybridized carbons (Fsp3) is 0.774. The fourth-order valence-electron chi connectivity index (χ4n) is 6.57. The van der Waals surface area contributed by atoms with Gasteiger partial charge in [0.05, 0.1) is 11.5 Å². The molecule has 0 aliphatic heterocycles. The molecule has 0 atom stereocenters. The van der Waals surface area contributed by atoms with E-state index < -0.39 is 0 Å². The highest BCUT2D eigenvalue weighted by Gasteiger charge is 2.35. The molecule has 0 unspecified atom stereocenters. The van der Waals surface area contributed by atoms with Crippen LogP contribution in [0.25, 0.3) is 0 Å². The molecule has 1 aromatic carbocycles. The van der Waals surface area contributed by atoms with E-state index in [1.807, 2.05) is 0 Å². The molecule has 1 nitrogen and oxygen atoms in total. The molecular weight excluding hydrogens is 386 g/mol. The molecule has 2 fully saturated rings. The van der Waals surface area contributed by atoms with Gasteiger partial charge in [-0.15, -0.1) is 0 Å². The van der Waals surface area contributed by atoms with Crippen LogP contribution in [0.3, 0.4) is 0 Å². The second kappa shape index (κ2) is 13.4. The molecule has 2 saturated carbocycles. The first-order valence-corrected chi connectivity index (χ1v) is 14.2. The number of rotatable bonds is 12. The third-order valence-electron chi connectivity index (χ3n) is 8.88. The molecule has 0 saturated heterocycles. The molecule has 178 valence electrons. The average Bonchev–Trinajstić information content (AvgIpc) is 2.84. The summed E-state index contributed by atoms with van der Waals surface area (Å²) in [7, 11) is 0. The Balaban J connectivity index is 1.34. The molecule has 3 rings (SSSR count). The number of aryl methyl sites for hydroxylation is 1. The van der Waals surface area contributed by atoms with Crippen LogP contribution in [-0.4, -0.2) is 0 Å². The first-order valence-electron chi connectivity index (χ1n) is 14.2. The average molecular weight is 436 g/mol. The van der Waals surface area contributed by atoms with Crippen molar-refractivity contribution in [1.29, 1.82) is 5.26 Å². The van der Waals surface area contributed by atoms with E-state index in [2.05, 4.69) is 44.2 Å². The van der Waals surface area contributed by atoms with E-state index in [4.69, 9.17) is 0 Å². The zero-order chi connectivity index (χ0) is 22.7. The van der Waals surface area contributed by atoms with Gasteiger partial charge in [-0.05, 0) is 73.8 Å². The van der Waals surface area contributed by atoms with Crippen LogP contribution in [-0.2, 0) is 6.42 Å². The highest BCUT2D eigenvalue weighted by molar-refractivity contribution is 5.26. The first-order chi connectivity index (χ1) is 15.7. The van der Waals surface area contributed by atoms with E-state index in [0.717, 1.165) is 37.5 Å². The third-order valence-corrected chi connectivity index (χ3v) is 8.88. The lowest BCUT2D eigenvalue weighted by molar-refractivity contribution is 0.228. The number of nitrogens with zero attached hydrogens (tertiary/aromatic N) is 1. The lowest BCUT2D eigenvalue weighted by Gasteiger charge is -2.35. The Morgan fingerprint density at radius 2 is 1.41 bits per heavy atom. The van der Waals surface area contributed by atoms with Crippen molar-refractivity contribution in [2.75, 3.05) is 0 Å². The van der Waals surface area contributed by atoms with Crippen LogP contribution in [0.2, 0.25) is 0 Å². The van der Waals surface area contributed by atoms with Crippen LogP contribution < -0.4 is 0 Å². The maximum Gasteiger partial charge on any atom is 0.0689 e. The van der Waals surface area contributed by atoms with Crippen molar-refractivity contribution >= 4 is 0 Å². The number of hydrogen-bond donors (Lipinski definition) is 0. The van der Waals surface area contributed by atoms with Gasteiger partial charge >= 0.3 is 0 Å². The number of benzene rings is 1. The smallest absolute Gasteiger partial charge is 0.0689 e. The Morgan fingerprint density at radius 1 is 0.781 bits per heavy atom. The van der Waals surface area contributed by atoms with Crippen molar-refractivity contribution in [2.45, 2.75) is 135 Å². The molecule has 2 aliphatic rings. The second-order valence-corrected chi connectivity index (χ2v) is 11.3. The minimum atomic E-state index is -0.0285. The molecule has 0 amide bonds. The predicted octanol–water partition coefficient (Wildman–Crippen LogP) is 9.75. The topological polar surface area (TPSA) is 23.8 Å². The summed E-state index contributed by atoms with van der Waals surface area (Å²) in [6.45, 7) is 4.52. The first kappa shape index (κ1) is 25.3. The SMILES string of the molecule is CCCCCCC[C@H]1CC[C@H](CCc2ccc(C3CCC(C#N)(CCC)CC3)cc2)CC1. The molecule has 32 heavy (non-hydrogen) atoms. The van der Waals surface area contributed by atoms with E-state index in [-0.39, 0.29) is 5.41 Å². The normalized spacial score (nSPS) is 28.3. The Morgan fingerprint density at radius 3 is 2.00 bits per heavy atom. The quantitative estimate of drug-likeness (QED) is 0.300. The molecule has 0 spiro atoms. The lowest BCUT2D eigenvalue weighted by atomic mass is 9.68. The Kier molecular flexibility index (Phi) is 10.6. The van der Waals surface area contributed by atoms with Crippen LogP contribution in [0.15, 0.2) is 24.3 Å². The van der Waals surface area contributed by atoms with Crippen molar-refractivity contribution in [2.24, 2.45) is 17.3 Å². The Hall–Kier alpha value is -1.29. The Labute approximate surface area is 199 Å². The monoisotopic (exact) mass is 435 g/mol. The van der Waals surface area contributed by atoms with Gasteiger partial charge in [-0.25, -0.2) is 0 Å². The van der Waals surface area contributed by atoms with Crippen molar-refractivity contribution in [3.63, 3.8) is 0 Å². The molecule has 1 heteroatoms. The van der Waals surface area contributed by atoms with E-state index >= 15 is 0 Å². The zero-order valence-electron chi connectivity index (χ0n) is 21.2. The zero-order valence-corrected chi connectivity index (χ0v) is 21.2. The van der Waals surface area contributed by atoms with Crippen molar-refractivity contribution in [3.8, 4) is 6.07 Å². The van der Waals surface area contributed by atoms with Gasteiger partial charge in [-0.1, -0.05) is 109 Å². The minimum absolute atomic E-state index is 0.0285. The summed E-state index contributed by atoms with van der Waals surface area (Å²) < 4.78 is 0. The predicted molar refractivity (Wildman–Crippen MR) is 138 cm³/mol. The maximum absolute atomic E-state index is 9.66. The highest BCUT2D eigenvalue weighted by atomic mass is 14.4. The van der Waals surface area contributed by atoms with E-state index in [9.17, 15) is 5.26 Å². The standard InChI is InChI=1S/C31H49N/c1-3-5-6-7-8-9-26-10-12-27(13-11-26)14-15-28-16-18-29(19-17-28)30-20-23-31(25-32,22-4-2)24-21-30/h16-19,26-27,30H,3-15,20-24H2,1-2H3/t26-,27-,30?,31?. The fourth-order valence-corrected chi connectivity index (χ4v) is 6.57. The summed E-state index contributed by atoms with van der Waals surface area (Å²) in [4.78, 5) is 0. The molecule has 0 N–H and O–H groups in total. The van der Waals surface area contributed by atoms with Gasteiger partial charge in [0.15, 0.2) is 0 Å². The highest BCUT2D eigenvalue weighted by Crippen LogP contribution is 2.45. The maximum atomic E-state index is 9.66. The summed E-state index contributed by atoms with van der Waals surface area (Å²) in [5.74, 6) is 2.65. The van der Waals surface area contributed by atoms with Gasteiger partial charge in [0, 0.05) is 0 Å². The summed E-state index contributed by atoms with van der Waals surface area (Å²) in [6, 6.07) is 12.3. The molecule has 0 aromatic heterocycles. The number of nitriles is 1. The van der Waals surface area contributed by atoms with Gasteiger partial charge in [0.1, 0.15) is 0 Å². The van der Waals surface area contributed by atoms with Gasteiger partial charge in [-0.2, -0.15) is 5.26 Å². The van der Waals surface area contributed by atoms with Crippen LogP contribution in [0, 0.1) is 28.6 Å². The van der Waals surface area contributed by atoms with Crippen molar-refractivity contribution in [3.05, 3.63) is 35.4 Å². The van der Waals surface area contributed by atoms with Crippen LogP contribution in [0.4, 0.5) is 0 Å². The lowest BCUT2D eigenvalue weighted by Crippen LogP contribution is -2.25. The molecule has 2 aliphatic carbocycles. The second-order valence-electron chi connectivity index (χ2n) is 11.3. The summed E-state index contributed by atoms with van der Waals surface area (Å²) in [5, 5.41) is 9.66. The Bertz CT molecular complexity index is 665. The largest absolute Gasteiger partial charge is 0.198 e. The summed E-state index contributed by atoms with van der Waals surface area (Å²) in [6.07, 6.45) is 24.0. The molecule has 0 radical (unpaired) electrons. The molecule has 0 bridgehead atoms. The summed E-state index contributed by atoms with van der Waals surface area (Å²) in [5.41, 5.74) is 3.01. The van der Waals surface area contributed by atoms with Gasteiger partial charge in [0.25, 0.3) is 0 Å². The third kappa shape index (κ3) is 7.64. The van der Waals surface area contributed by atoms with Crippen LogP contribution in [0.1, 0.15) is 140 Å². The van der Waals surface area contributed by atoms with E-state index in [1.54, 1.807) is 0 Å². The van der Waals surface area contributed by atoms with Gasteiger partial charge < -0.3 is 0 Å². The van der Waals surface area contributed by atoms with Crippen LogP contribution in [0.5, 0.6) is 0 Å². The van der Waals surface area contributed by atoms with E-state index in [1.165, 1.54) is 101 Å². The molecule has 0 heterocycles. The number of hydrogen-bond acceptors (Lipinski definition) is 1. The van der Waals surface area contributed by atoms with E-state index in [0.29, 0.717) is 5.92 Å². The van der Waals surface area contributed by atoms with Crippen molar-refractivity contribution < 1.29 is 0 Å². The van der Waals surface area contributed by atoms with Crippen molar-refractivity contribution in [1.82, 2.24) is 0 Å². The molecular formula is C31H49N.